The first-order valence-electron chi connectivity index (χ1n) is 7.81. The zero-order valence-electron chi connectivity index (χ0n) is 13.3. The second kappa shape index (κ2) is 9.32. The van der Waals surface area contributed by atoms with Crippen molar-refractivity contribution in [3.05, 3.63) is 95.0 Å². The van der Waals surface area contributed by atoms with Crippen LogP contribution in [0.15, 0.2) is 95.0 Å². The molecule has 1 aliphatic heterocycles. The quantitative estimate of drug-likeness (QED) is 0.424. The predicted octanol–water partition coefficient (Wildman–Crippen LogP) is 6.45. The maximum absolute atomic E-state index is 4.23. The van der Waals surface area contributed by atoms with Crippen molar-refractivity contribution in [3.63, 3.8) is 0 Å². The molecule has 2 rings (SSSR count). The lowest BCUT2D eigenvalue weighted by atomic mass is 10.0. The Morgan fingerprint density at radius 3 is 2.95 bits per heavy atom. The summed E-state index contributed by atoms with van der Waals surface area (Å²) < 4.78 is 0. The van der Waals surface area contributed by atoms with E-state index in [1.54, 1.807) is 0 Å². The van der Waals surface area contributed by atoms with Crippen LogP contribution in [-0.2, 0) is 0 Å². The third-order valence-electron chi connectivity index (χ3n) is 3.54. The zero-order chi connectivity index (χ0) is 15.6. The van der Waals surface area contributed by atoms with E-state index in [1.165, 1.54) is 16.1 Å². The van der Waals surface area contributed by atoms with E-state index < -0.39 is 0 Å². The largest absolute Gasteiger partial charge is 0.126 e. The van der Waals surface area contributed by atoms with Gasteiger partial charge in [0.2, 0.25) is 0 Å². The molecule has 0 fully saturated rings. The van der Waals surface area contributed by atoms with E-state index in [-0.39, 0.29) is 0 Å². The molecule has 2 aliphatic rings. The second-order valence-corrected chi connectivity index (χ2v) is 6.48. The minimum absolute atomic E-state index is 0.963. The first kappa shape index (κ1) is 16.6. The van der Waals surface area contributed by atoms with Crippen LogP contribution in [0.25, 0.3) is 0 Å². The molecule has 1 heteroatoms. The molecule has 1 heterocycles. The molecule has 2 bridgehead atoms. The summed E-state index contributed by atoms with van der Waals surface area (Å²) in [5.41, 5.74) is 3.77. The van der Waals surface area contributed by atoms with Crippen LogP contribution in [0.4, 0.5) is 0 Å². The number of hydrogen-bond donors (Lipinski definition) is 0. The van der Waals surface area contributed by atoms with E-state index in [9.17, 15) is 0 Å². The molecule has 0 aromatic rings. The average Bonchev–Trinajstić information content (AvgIpc) is 2.72. The van der Waals surface area contributed by atoms with Gasteiger partial charge in [0.15, 0.2) is 0 Å². The lowest BCUT2D eigenvalue weighted by Gasteiger charge is -2.08. The molecular weight excluding hydrogens is 284 g/mol. The van der Waals surface area contributed by atoms with E-state index >= 15 is 0 Å². The molecule has 0 aromatic carbocycles. The molecule has 1 aliphatic carbocycles. The first-order chi connectivity index (χ1) is 10.8. The summed E-state index contributed by atoms with van der Waals surface area (Å²) >= 11 is 1.92. The fourth-order valence-corrected chi connectivity index (χ4v) is 3.20. The molecular formula is C21H24S. The van der Waals surface area contributed by atoms with Gasteiger partial charge in [-0.3, -0.25) is 0 Å². The highest BCUT2D eigenvalue weighted by molar-refractivity contribution is 8.03. The molecule has 22 heavy (non-hydrogen) atoms. The Kier molecular flexibility index (Phi) is 7.05. The van der Waals surface area contributed by atoms with E-state index in [0.29, 0.717) is 0 Å². The maximum Gasteiger partial charge on any atom is 0.0160 e. The molecule has 114 valence electrons. The third-order valence-corrected chi connectivity index (χ3v) is 4.55. The molecule has 0 nitrogen and oxygen atoms in total. The molecule has 0 unspecified atom stereocenters. The predicted molar refractivity (Wildman–Crippen MR) is 102 cm³/mol. The van der Waals surface area contributed by atoms with E-state index in [2.05, 4.69) is 73.4 Å². The van der Waals surface area contributed by atoms with Gasteiger partial charge in [-0.2, -0.15) is 0 Å². The van der Waals surface area contributed by atoms with Gasteiger partial charge in [0, 0.05) is 5.75 Å². The van der Waals surface area contributed by atoms with Gasteiger partial charge in [0.1, 0.15) is 0 Å². The summed E-state index contributed by atoms with van der Waals surface area (Å²) in [4.78, 5) is 1.44. The van der Waals surface area contributed by atoms with Gasteiger partial charge >= 0.3 is 0 Å². The SMILES string of the molecule is C=C(C=CC/C=C\C)C1=CC=C2CC(=C1)C/C=C\C=C/CS2. The van der Waals surface area contributed by atoms with Gasteiger partial charge in [-0.25, -0.2) is 0 Å². The Balaban J connectivity index is 2.17. The summed E-state index contributed by atoms with van der Waals surface area (Å²) in [5, 5.41) is 0. The zero-order valence-corrected chi connectivity index (χ0v) is 14.1. The minimum atomic E-state index is 0.963. The molecule has 0 spiro atoms. The fraction of sp³-hybridized carbons (Fsp3) is 0.238. The average molecular weight is 308 g/mol. The van der Waals surface area contributed by atoms with E-state index in [0.717, 1.165) is 30.6 Å². The Morgan fingerprint density at radius 1 is 1.23 bits per heavy atom. The molecule has 0 saturated heterocycles. The van der Waals surface area contributed by atoms with Crippen LogP contribution < -0.4 is 0 Å². The first-order valence-corrected chi connectivity index (χ1v) is 8.80. The van der Waals surface area contributed by atoms with Crippen molar-refractivity contribution in [1.82, 2.24) is 0 Å². The monoisotopic (exact) mass is 308 g/mol. The lowest BCUT2D eigenvalue weighted by Crippen LogP contribution is -1.88. The number of allylic oxidation sites excluding steroid dienone is 14. The fourth-order valence-electron chi connectivity index (χ4n) is 2.32. The molecule has 0 amide bonds. The molecule has 0 atom stereocenters. The van der Waals surface area contributed by atoms with Gasteiger partial charge in [0.05, 0.1) is 0 Å². The number of fused-ring (bicyclic) bond motifs is 2. The highest BCUT2D eigenvalue weighted by Gasteiger charge is 2.08. The Labute approximate surface area is 139 Å². The third kappa shape index (κ3) is 5.57. The summed E-state index contributed by atoms with van der Waals surface area (Å²) in [6.45, 7) is 6.27. The highest BCUT2D eigenvalue weighted by atomic mass is 32.2. The van der Waals surface area contributed by atoms with E-state index in [1.807, 2.05) is 18.7 Å². The topological polar surface area (TPSA) is 0 Å². The van der Waals surface area contributed by atoms with Gasteiger partial charge in [-0.05, 0) is 42.2 Å². The van der Waals surface area contributed by atoms with Crippen molar-refractivity contribution in [2.75, 3.05) is 5.75 Å². The van der Waals surface area contributed by atoms with Crippen LogP contribution in [0.3, 0.4) is 0 Å². The minimum Gasteiger partial charge on any atom is -0.126 e. The standard InChI is InChI=1S/C21H24S/c1-3-4-5-8-11-18(2)20-13-14-21-17-19(16-20)12-9-6-7-10-15-22-21/h3-4,6-11,13-14,16H,2,5,12,15,17H2,1H3/b4-3-,9-6-,10-7-,11-8?. The van der Waals surface area contributed by atoms with Crippen LogP contribution in [0.5, 0.6) is 0 Å². The highest BCUT2D eigenvalue weighted by Crippen LogP contribution is 2.31. The summed E-state index contributed by atoms with van der Waals surface area (Å²) in [6.07, 6.45) is 27.1. The van der Waals surface area contributed by atoms with Gasteiger partial charge < -0.3 is 0 Å². The summed E-state index contributed by atoms with van der Waals surface area (Å²) in [6, 6.07) is 0. The Morgan fingerprint density at radius 2 is 2.09 bits per heavy atom. The smallest absolute Gasteiger partial charge is 0.0160 e. The Hall–Kier alpha value is -1.73. The van der Waals surface area contributed by atoms with Crippen LogP contribution in [0, 0.1) is 0 Å². The summed E-state index contributed by atoms with van der Waals surface area (Å²) in [5.74, 6) is 1.04. The van der Waals surface area contributed by atoms with Gasteiger partial charge in [-0.1, -0.05) is 79.0 Å². The van der Waals surface area contributed by atoms with Crippen molar-refractivity contribution in [2.24, 2.45) is 0 Å². The summed E-state index contributed by atoms with van der Waals surface area (Å²) in [7, 11) is 0. The van der Waals surface area contributed by atoms with Crippen LogP contribution in [0.2, 0.25) is 0 Å². The number of rotatable bonds is 4. The van der Waals surface area contributed by atoms with Crippen molar-refractivity contribution in [3.8, 4) is 0 Å². The van der Waals surface area contributed by atoms with Crippen LogP contribution >= 0.6 is 11.8 Å². The lowest BCUT2D eigenvalue weighted by molar-refractivity contribution is 1.10. The van der Waals surface area contributed by atoms with Crippen LogP contribution in [-0.4, -0.2) is 5.75 Å². The second-order valence-electron chi connectivity index (χ2n) is 5.34. The maximum atomic E-state index is 4.23. The Bertz CT molecular complexity index is 604. The van der Waals surface area contributed by atoms with Crippen molar-refractivity contribution in [2.45, 2.75) is 26.2 Å². The number of thioether (sulfide) groups is 1. The van der Waals surface area contributed by atoms with Crippen molar-refractivity contribution in [1.29, 1.82) is 0 Å². The van der Waals surface area contributed by atoms with E-state index in [4.69, 9.17) is 0 Å². The van der Waals surface area contributed by atoms with Crippen molar-refractivity contribution >= 4 is 11.8 Å². The van der Waals surface area contributed by atoms with Gasteiger partial charge in [0.25, 0.3) is 0 Å². The number of hydrogen-bond acceptors (Lipinski definition) is 1. The molecule has 0 N–H and O–H groups in total. The van der Waals surface area contributed by atoms with Crippen LogP contribution in [0.1, 0.15) is 26.2 Å². The molecule has 0 saturated carbocycles. The van der Waals surface area contributed by atoms with Crippen molar-refractivity contribution < 1.29 is 0 Å². The van der Waals surface area contributed by atoms with Gasteiger partial charge in [-0.15, -0.1) is 11.8 Å². The molecule has 0 aromatic heterocycles. The molecule has 0 radical (unpaired) electrons. The normalized spacial score (nSPS) is 21.8.